The van der Waals surface area contributed by atoms with Gasteiger partial charge in [-0.15, -0.1) is 0 Å². The molecule has 0 amide bonds. The summed E-state index contributed by atoms with van der Waals surface area (Å²) in [5.41, 5.74) is 2.13. The van der Waals surface area contributed by atoms with Crippen molar-refractivity contribution in [3.05, 3.63) is 96.1 Å². The van der Waals surface area contributed by atoms with Crippen molar-refractivity contribution >= 4 is 29.2 Å². The molecule has 2 atom stereocenters. The molecule has 1 aliphatic heterocycles. The maximum Gasteiger partial charge on any atom is 0.344 e. The SMILES string of the molecule is C[C@@H](c1ccc2ccccc2c1)N1CCN([C@@H](C)c2ccc3ccccc3c2)P1(=O)O. The topological polar surface area (TPSA) is 43.8 Å². The molecule has 0 aromatic heterocycles. The molecule has 31 heavy (non-hydrogen) atoms. The first kappa shape index (κ1) is 20.4. The Hall–Kier alpha value is -2.49. The fourth-order valence-corrected chi connectivity index (χ4v) is 6.90. The van der Waals surface area contributed by atoms with Crippen LogP contribution in [0.4, 0.5) is 0 Å². The minimum Gasteiger partial charge on any atom is -0.322 e. The zero-order chi connectivity index (χ0) is 21.6. The first-order chi connectivity index (χ1) is 14.9. The van der Waals surface area contributed by atoms with E-state index >= 15 is 0 Å². The van der Waals surface area contributed by atoms with Gasteiger partial charge in [-0.25, -0.2) is 9.34 Å². The van der Waals surface area contributed by atoms with Crippen molar-refractivity contribution in [2.75, 3.05) is 13.1 Å². The summed E-state index contributed by atoms with van der Waals surface area (Å²) in [5.74, 6) is 0. The number of hydrogen-bond donors (Lipinski definition) is 1. The van der Waals surface area contributed by atoms with Crippen LogP contribution in [-0.2, 0) is 4.57 Å². The Kier molecular flexibility index (Phi) is 5.19. The predicted molar refractivity (Wildman–Crippen MR) is 128 cm³/mol. The van der Waals surface area contributed by atoms with Gasteiger partial charge in [-0.3, -0.25) is 4.57 Å². The van der Waals surface area contributed by atoms with Crippen molar-refractivity contribution in [1.82, 2.24) is 9.34 Å². The molecule has 158 valence electrons. The molecule has 0 spiro atoms. The van der Waals surface area contributed by atoms with E-state index in [1.165, 1.54) is 10.8 Å². The number of hydrogen-bond acceptors (Lipinski definition) is 1. The summed E-state index contributed by atoms with van der Waals surface area (Å²) in [6.45, 7) is 5.19. The lowest BCUT2D eigenvalue weighted by atomic mass is 10.0. The molecule has 0 radical (unpaired) electrons. The number of rotatable bonds is 4. The highest BCUT2D eigenvalue weighted by molar-refractivity contribution is 7.53. The van der Waals surface area contributed by atoms with Crippen LogP contribution in [0.3, 0.4) is 0 Å². The Morgan fingerprint density at radius 2 is 1.06 bits per heavy atom. The minimum atomic E-state index is -3.66. The van der Waals surface area contributed by atoms with Crippen LogP contribution in [-0.4, -0.2) is 27.3 Å². The summed E-state index contributed by atoms with van der Waals surface area (Å²) in [5, 5.41) is 4.66. The second kappa shape index (κ2) is 7.89. The van der Waals surface area contributed by atoms with E-state index in [2.05, 4.69) is 60.7 Å². The summed E-state index contributed by atoms with van der Waals surface area (Å²) < 4.78 is 17.2. The average molecular weight is 430 g/mol. The molecule has 5 rings (SSSR count). The van der Waals surface area contributed by atoms with Crippen molar-refractivity contribution in [2.45, 2.75) is 25.9 Å². The van der Waals surface area contributed by atoms with Gasteiger partial charge in [-0.05, 0) is 58.7 Å². The molecule has 4 aromatic carbocycles. The van der Waals surface area contributed by atoms with E-state index in [4.69, 9.17) is 0 Å². The molecule has 1 fully saturated rings. The maximum absolute atomic E-state index is 13.6. The van der Waals surface area contributed by atoms with Crippen LogP contribution in [0.1, 0.15) is 37.1 Å². The average Bonchev–Trinajstić information content (AvgIpc) is 3.11. The van der Waals surface area contributed by atoms with E-state index in [1.807, 2.05) is 38.1 Å². The molecule has 1 saturated heterocycles. The highest BCUT2D eigenvalue weighted by Gasteiger charge is 2.46. The predicted octanol–water partition coefficient (Wildman–Crippen LogP) is 6.53. The van der Waals surface area contributed by atoms with Crippen molar-refractivity contribution in [3.8, 4) is 0 Å². The smallest absolute Gasteiger partial charge is 0.322 e. The first-order valence-corrected chi connectivity index (χ1v) is 12.4. The molecule has 5 heteroatoms. The maximum atomic E-state index is 13.6. The van der Waals surface area contributed by atoms with Crippen molar-refractivity contribution in [1.29, 1.82) is 0 Å². The second-order valence-corrected chi connectivity index (χ2v) is 10.5. The Bertz CT molecular complexity index is 1210. The lowest BCUT2D eigenvalue weighted by Gasteiger charge is -2.32. The fraction of sp³-hybridized carbons (Fsp3) is 0.231. The van der Waals surface area contributed by atoms with Gasteiger partial charge in [0, 0.05) is 25.2 Å². The summed E-state index contributed by atoms with van der Waals surface area (Å²) in [7, 11) is -3.66. The quantitative estimate of drug-likeness (QED) is 0.374. The molecule has 0 unspecified atom stereocenters. The molecule has 1 heterocycles. The summed E-state index contributed by atoms with van der Waals surface area (Å²) in [6, 6.07) is 28.8. The van der Waals surface area contributed by atoms with E-state index in [0.717, 1.165) is 21.9 Å². The van der Waals surface area contributed by atoms with Crippen molar-refractivity contribution in [3.63, 3.8) is 0 Å². The first-order valence-electron chi connectivity index (χ1n) is 10.8. The van der Waals surface area contributed by atoms with Crippen LogP contribution in [0.2, 0.25) is 0 Å². The Morgan fingerprint density at radius 1 is 0.677 bits per heavy atom. The normalized spacial score (nSPS) is 19.1. The van der Waals surface area contributed by atoms with Crippen LogP contribution >= 0.6 is 7.67 Å². The van der Waals surface area contributed by atoms with Gasteiger partial charge < -0.3 is 4.89 Å². The van der Waals surface area contributed by atoms with Gasteiger partial charge in [-0.1, -0.05) is 72.8 Å². The van der Waals surface area contributed by atoms with Gasteiger partial charge in [0.1, 0.15) is 0 Å². The van der Waals surface area contributed by atoms with E-state index in [-0.39, 0.29) is 12.1 Å². The molecule has 1 N–H and O–H groups in total. The largest absolute Gasteiger partial charge is 0.344 e. The number of benzene rings is 4. The van der Waals surface area contributed by atoms with Crippen LogP contribution in [0, 0.1) is 0 Å². The molecule has 1 aliphatic rings. The summed E-state index contributed by atoms with van der Waals surface area (Å²) in [4.78, 5) is 11.2. The van der Waals surface area contributed by atoms with Gasteiger partial charge in [0.15, 0.2) is 0 Å². The monoisotopic (exact) mass is 430 g/mol. The molecular weight excluding hydrogens is 403 g/mol. The highest BCUT2D eigenvalue weighted by Crippen LogP contribution is 2.60. The number of fused-ring (bicyclic) bond motifs is 2. The van der Waals surface area contributed by atoms with E-state index < -0.39 is 7.67 Å². The molecule has 4 aromatic rings. The molecule has 4 nitrogen and oxygen atoms in total. The zero-order valence-electron chi connectivity index (χ0n) is 17.8. The number of nitrogens with zero attached hydrogens (tertiary/aromatic N) is 2. The molecule has 0 saturated carbocycles. The van der Waals surface area contributed by atoms with Crippen molar-refractivity contribution in [2.24, 2.45) is 0 Å². The van der Waals surface area contributed by atoms with Crippen LogP contribution < -0.4 is 0 Å². The second-order valence-electron chi connectivity index (χ2n) is 8.40. The van der Waals surface area contributed by atoms with Crippen molar-refractivity contribution < 1.29 is 9.46 Å². The molecular formula is C26H27N2O2P. The van der Waals surface area contributed by atoms with Crippen LogP contribution in [0.25, 0.3) is 21.5 Å². The summed E-state index contributed by atoms with van der Waals surface area (Å²) in [6.07, 6.45) is 0. The van der Waals surface area contributed by atoms with Gasteiger partial charge >= 0.3 is 7.67 Å². The minimum absolute atomic E-state index is 0.144. The third kappa shape index (κ3) is 3.60. The highest BCUT2D eigenvalue weighted by atomic mass is 31.2. The van der Waals surface area contributed by atoms with Crippen LogP contribution in [0.5, 0.6) is 0 Å². The Labute approximate surface area is 183 Å². The van der Waals surface area contributed by atoms with Gasteiger partial charge in [0.05, 0.1) is 0 Å². The lowest BCUT2D eigenvalue weighted by molar-refractivity contribution is 0.295. The zero-order valence-corrected chi connectivity index (χ0v) is 18.7. The van der Waals surface area contributed by atoms with E-state index in [0.29, 0.717) is 13.1 Å². The van der Waals surface area contributed by atoms with Gasteiger partial charge in [0.2, 0.25) is 0 Å². The van der Waals surface area contributed by atoms with E-state index in [1.54, 1.807) is 9.34 Å². The Balaban J connectivity index is 1.42. The van der Waals surface area contributed by atoms with Gasteiger partial charge in [-0.2, -0.15) is 0 Å². The molecule has 0 aliphatic carbocycles. The van der Waals surface area contributed by atoms with Gasteiger partial charge in [0.25, 0.3) is 0 Å². The van der Waals surface area contributed by atoms with E-state index in [9.17, 15) is 9.46 Å². The lowest BCUT2D eigenvalue weighted by Crippen LogP contribution is -2.24. The third-order valence-electron chi connectivity index (χ3n) is 6.63. The standard InChI is InChI=1S/C26H27N2O2P/c1-19(23-13-11-21-7-3-5-9-25(21)17-23)27-15-16-28(31(27,29)30)20(2)24-14-12-22-8-4-6-10-26(22)18-24/h3-14,17-20H,15-16H2,1-2H3,(H,29,30)/t19-,20-/m0/s1. The Morgan fingerprint density at radius 3 is 1.48 bits per heavy atom. The summed E-state index contributed by atoms with van der Waals surface area (Å²) >= 11 is 0. The fourth-order valence-electron chi connectivity index (χ4n) is 4.73. The molecule has 0 bridgehead atoms. The third-order valence-corrected chi connectivity index (χ3v) is 9.06. The van der Waals surface area contributed by atoms with Crippen LogP contribution in [0.15, 0.2) is 84.9 Å².